The summed E-state index contributed by atoms with van der Waals surface area (Å²) in [6, 6.07) is -1.67. The van der Waals surface area contributed by atoms with E-state index in [1.54, 1.807) is 0 Å². The molecular formula is C12H23N5O4. The number of urea groups is 1. The number of aliphatic carboxylic acids is 1. The van der Waals surface area contributed by atoms with Crippen LogP contribution in [0.1, 0.15) is 12.8 Å². The summed E-state index contributed by atoms with van der Waals surface area (Å²) in [4.78, 5) is 35.4. The molecule has 0 bridgehead atoms. The molecule has 0 radical (unpaired) electrons. The SMILES string of the molecule is NC(=O)CC[C@H](NC(=O)NCCN1CCNCC1)C(=O)O. The minimum Gasteiger partial charge on any atom is -0.480 e. The van der Waals surface area contributed by atoms with Crippen molar-refractivity contribution in [2.45, 2.75) is 18.9 Å². The van der Waals surface area contributed by atoms with E-state index < -0.39 is 23.9 Å². The second-order valence-electron chi connectivity index (χ2n) is 4.89. The maximum Gasteiger partial charge on any atom is 0.326 e. The standard InChI is InChI=1S/C12H23N5O4/c13-10(18)2-1-9(11(19)20)16-12(21)15-5-8-17-6-3-14-4-7-17/h9,14H,1-8H2,(H2,13,18)(H,19,20)(H2,15,16,21)/t9-/m0/s1. The van der Waals surface area contributed by atoms with Gasteiger partial charge in [-0.15, -0.1) is 0 Å². The molecule has 9 nitrogen and oxygen atoms in total. The topological polar surface area (TPSA) is 137 Å². The number of nitrogens with two attached hydrogens (primary N) is 1. The number of hydrogen-bond acceptors (Lipinski definition) is 5. The van der Waals surface area contributed by atoms with Crippen LogP contribution in [-0.2, 0) is 9.59 Å². The zero-order chi connectivity index (χ0) is 15.7. The molecule has 3 amide bonds. The fourth-order valence-corrected chi connectivity index (χ4v) is 2.02. The summed E-state index contributed by atoms with van der Waals surface area (Å²) in [7, 11) is 0. The van der Waals surface area contributed by atoms with Gasteiger partial charge in [0.25, 0.3) is 0 Å². The third-order valence-corrected chi connectivity index (χ3v) is 3.21. The van der Waals surface area contributed by atoms with E-state index in [9.17, 15) is 14.4 Å². The molecule has 6 N–H and O–H groups in total. The normalized spacial score (nSPS) is 17.0. The molecule has 1 saturated heterocycles. The van der Waals surface area contributed by atoms with Gasteiger partial charge >= 0.3 is 12.0 Å². The van der Waals surface area contributed by atoms with E-state index in [1.165, 1.54) is 0 Å². The molecule has 0 aromatic heterocycles. The summed E-state index contributed by atoms with van der Waals surface area (Å²) in [6.45, 7) is 4.88. The van der Waals surface area contributed by atoms with Crippen molar-refractivity contribution in [3.8, 4) is 0 Å². The number of carboxylic acid groups (broad SMARTS) is 1. The fourth-order valence-electron chi connectivity index (χ4n) is 2.02. The zero-order valence-electron chi connectivity index (χ0n) is 11.9. The Hall–Kier alpha value is -1.87. The Kier molecular flexibility index (Phi) is 7.48. The van der Waals surface area contributed by atoms with Gasteiger partial charge in [0, 0.05) is 45.7 Å². The van der Waals surface area contributed by atoms with E-state index in [0.717, 1.165) is 26.2 Å². The number of nitrogens with one attached hydrogen (secondary N) is 3. The Bertz CT molecular complexity index is 371. The Morgan fingerprint density at radius 3 is 2.52 bits per heavy atom. The van der Waals surface area contributed by atoms with Gasteiger partial charge in [-0.1, -0.05) is 0 Å². The molecule has 1 aliphatic heterocycles. The first-order chi connectivity index (χ1) is 9.99. The number of hydrogen-bond donors (Lipinski definition) is 5. The predicted octanol–water partition coefficient (Wildman–Crippen LogP) is -2.09. The van der Waals surface area contributed by atoms with Crippen LogP contribution in [-0.4, -0.2) is 73.2 Å². The van der Waals surface area contributed by atoms with Gasteiger partial charge in [-0.3, -0.25) is 9.69 Å². The summed E-state index contributed by atoms with van der Waals surface area (Å²) in [6.07, 6.45) is -0.103. The van der Waals surface area contributed by atoms with Crippen LogP contribution < -0.4 is 21.7 Å². The number of nitrogens with zero attached hydrogens (tertiary/aromatic N) is 1. The highest BCUT2D eigenvalue weighted by Gasteiger charge is 2.20. The van der Waals surface area contributed by atoms with Crippen molar-refractivity contribution in [3.05, 3.63) is 0 Å². The van der Waals surface area contributed by atoms with Crippen LogP contribution in [0.4, 0.5) is 4.79 Å². The van der Waals surface area contributed by atoms with Crippen LogP contribution in [0.3, 0.4) is 0 Å². The maximum absolute atomic E-state index is 11.6. The van der Waals surface area contributed by atoms with Gasteiger partial charge in [-0.25, -0.2) is 9.59 Å². The van der Waals surface area contributed by atoms with E-state index in [1.807, 2.05) is 0 Å². The first-order valence-corrected chi connectivity index (χ1v) is 6.97. The zero-order valence-corrected chi connectivity index (χ0v) is 11.9. The summed E-state index contributed by atoms with van der Waals surface area (Å²) in [5, 5.41) is 17.1. The smallest absolute Gasteiger partial charge is 0.326 e. The number of rotatable bonds is 8. The third-order valence-electron chi connectivity index (χ3n) is 3.21. The Morgan fingerprint density at radius 2 is 1.95 bits per heavy atom. The fraction of sp³-hybridized carbons (Fsp3) is 0.750. The number of carbonyl (C=O) groups is 3. The molecule has 0 aliphatic carbocycles. The second-order valence-corrected chi connectivity index (χ2v) is 4.89. The number of amides is 3. The molecule has 0 spiro atoms. The molecule has 0 aromatic carbocycles. The first kappa shape index (κ1) is 17.2. The van der Waals surface area contributed by atoms with Crippen molar-refractivity contribution in [1.29, 1.82) is 0 Å². The van der Waals surface area contributed by atoms with Gasteiger partial charge in [-0.05, 0) is 6.42 Å². The molecule has 1 heterocycles. The lowest BCUT2D eigenvalue weighted by molar-refractivity contribution is -0.139. The molecule has 0 saturated carbocycles. The van der Waals surface area contributed by atoms with Crippen molar-refractivity contribution < 1.29 is 19.5 Å². The van der Waals surface area contributed by atoms with Gasteiger partial charge in [0.05, 0.1) is 0 Å². The summed E-state index contributed by atoms with van der Waals surface area (Å²) < 4.78 is 0. The van der Waals surface area contributed by atoms with Crippen LogP contribution in [0.5, 0.6) is 0 Å². The van der Waals surface area contributed by atoms with Crippen molar-refractivity contribution >= 4 is 17.9 Å². The lowest BCUT2D eigenvalue weighted by atomic mass is 10.1. The molecule has 1 rings (SSSR count). The molecule has 1 atom stereocenters. The van der Waals surface area contributed by atoms with E-state index in [-0.39, 0.29) is 12.8 Å². The van der Waals surface area contributed by atoms with E-state index in [2.05, 4.69) is 20.9 Å². The summed E-state index contributed by atoms with van der Waals surface area (Å²) >= 11 is 0. The van der Waals surface area contributed by atoms with Crippen molar-refractivity contribution in [1.82, 2.24) is 20.9 Å². The lowest BCUT2D eigenvalue weighted by Crippen LogP contribution is -2.49. The van der Waals surface area contributed by atoms with Crippen molar-refractivity contribution in [2.24, 2.45) is 5.73 Å². The van der Waals surface area contributed by atoms with E-state index in [4.69, 9.17) is 10.8 Å². The highest BCUT2D eigenvalue weighted by Crippen LogP contribution is 1.97. The van der Waals surface area contributed by atoms with Crippen LogP contribution in [0.25, 0.3) is 0 Å². The lowest BCUT2D eigenvalue weighted by Gasteiger charge is -2.27. The molecule has 120 valence electrons. The molecule has 21 heavy (non-hydrogen) atoms. The second kappa shape index (κ2) is 9.14. The number of carboxylic acids is 1. The van der Waals surface area contributed by atoms with E-state index >= 15 is 0 Å². The van der Waals surface area contributed by atoms with Gasteiger partial charge in [0.1, 0.15) is 6.04 Å². The van der Waals surface area contributed by atoms with Crippen LogP contribution in [0, 0.1) is 0 Å². The number of primary amides is 1. The molecule has 9 heteroatoms. The molecule has 0 aromatic rings. The predicted molar refractivity (Wildman–Crippen MR) is 75.7 cm³/mol. The monoisotopic (exact) mass is 301 g/mol. The Balaban J connectivity index is 2.22. The van der Waals surface area contributed by atoms with Gasteiger partial charge < -0.3 is 26.8 Å². The van der Waals surface area contributed by atoms with E-state index in [0.29, 0.717) is 13.1 Å². The first-order valence-electron chi connectivity index (χ1n) is 6.97. The Labute approximate surface area is 123 Å². The van der Waals surface area contributed by atoms with Crippen LogP contribution in [0.15, 0.2) is 0 Å². The van der Waals surface area contributed by atoms with Crippen molar-refractivity contribution in [3.63, 3.8) is 0 Å². The summed E-state index contributed by atoms with van der Waals surface area (Å²) in [5.74, 6) is -1.78. The average molecular weight is 301 g/mol. The highest BCUT2D eigenvalue weighted by molar-refractivity contribution is 5.83. The molecule has 1 aliphatic rings. The Morgan fingerprint density at radius 1 is 1.29 bits per heavy atom. The van der Waals surface area contributed by atoms with Gasteiger partial charge in [0.15, 0.2) is 0 Å². The third kappa shape index (κ3) is 7.47. The van der Waals surface area contributed by atoms with Crippen LogP contribution in [0.2, 0.25) is 0 Å². The highest BCUT2D eigenvalue weighted by atomic mass is 16.4. The molecular weight excluding hydrogens is 278 g/mol. The van der Waals surface area contributed by atoms with Crippen molar-refractivity contribution in [2.75, 3.05) is 39.3 Å². The minimum atomic E-state index is -1.19. The van der Waals surface area contributed by atoms with Gasteiger partial charge in [0.2, 0.25) is 5.91 Å². The van der Waals surface area contributed by atoms with Gasteiger partial charge in [-0.2, -0.15) is 0 Å². The number of piperazine rings is 1. The average Bonchev–Trinajstić information content (AvgIpc) is 2.44. The maximum atomic E-state index is 11.6. The minimum absolute atomic E-state index is 0.0180. The van der Waals surface area contributed by atoms with Crippen LogP contribution >= 0.6 is 0 Å². The largest absolute Gasteiger partial charge is 0.480 e. The molecule has 0 unspecified atom stereocenters. The number of carbonyl (C=O) groups excluding carboxylic acids is 2. The molecule has 1 fully saturated rings. The quantitative estimate of drug-likeness (QED) is 0.349. The summed E-state index contributed by atoms with van der Waals surface area (Å²) in [5.41, 5.74) is 4.96.